The smallest absolute Gasteiger partial charge is 0.279 e. The third-order valence-electron chi connectivity index (χ3n) is 4.21. The molecule has 0 atom stereocenters. The molecule has 0 amide bonds. The molecule has 1 aliphatic heterocycles. The van der Waals surface area contributed by atoms with E-state index in [1.54, 1.807) is 6.20 Å². The number of nitrogens with zero attached hydrogens (tertiary/aromatic N) is 3. The molecule has 0 radical (unpaired) electrons. The van der Waals surface area contributed by atoms with Gasteiger partial charge in [0.05, 0.1) is 0 Å². The molecule has 1 fully saturated rings. The van der Waals surface area contributed by atoms with E-state index in [-0.39, 0.29) is 0 Å². The normalized spacial score (nSPS) is 16.3. The Morgan fingerprint density at radius 3 is 2.46 bits per heavy atom. The van der Waals surface area contributed by atoms with Gasteiger partial charge >= 0.3 is 0 Å². The van der Waals surface area contributed by atoms with Crippen LogP contribution in [0.4, 0.5) is 5.69 Å². The third kappa shape index (κ3) is 3.92. The third-order valence-corrected chi connectivity index (χ3v) is 5.77. The summed E-state index contributed by atoms with van der Waals surface area (Å²) in [7, 11) is -3.45. The van der Waals surface area contributed by atoms with Crippen LogP contribution >= 0.6 is 0 Å². The molecule has 1 aromatic carbocycles. The molecule has 24 heavy (non-hydrogen) atoms. The van der Waals surface area contributed by atoms with E-state index in [1.165, 1.54) is 4.31 Å². The van der Waals surface area contributed by atoms with E-state index < -0.39 is 10.2 Å². The molecule has 1 saturated heterocycles. The summed E-state index contributed by atoms with van der Waals surface area (Å²) < 4.78 is 29.1. The molecular formula is C17H22N4O2S. The predicted octanol–water partition coefficient (Wildman–Crippen LogP) is 1.55. The zero-order valence-corrected chi connectivity index (χ0v) is 14.5. The molecule has 0 aliphatic carbocycles. The maximum atomic E-state index is 12.5. The molecule has 6 nitrogen and oxygen atoms in total. The van der Waals surface area contributed by atoms with Gasteiger partial charge in [-0.1, -0.05) is 30.3 Å². The highest BCUT2D eigenvalue weighted by molar-refractivity contribution is 7.87. The van der Waals surface area contributed by atoms with Crippen molar-refractivity contribution in [2.24, 2.45) is 0 Å². The van der Waals surface area contributed by atoms with Crippen molar-refractivity contribution in [1.29, 1.82) is 0 Å². The Bertz CT molecular complexity index is 772. The van der Waals surface area contributed by atoms with Gasteiger partial charge < -0.3 is 4.90 Å². The van der Waals surface area contributed by atoms with E-state index in [1.807, 2.05) is 49.5 Å². The van der Waals surface area contributed by atoms with Crippen LogP contribution in [0.2, 0.25) is 0 Å². The predicted molar refractivity (Wildman–Crippen MR) is 95.0 cm³/mol. The second-order valence-corrected chi connectivity index (χ2v) is 7.62. The number of hydrogen-bond acceptors (Lipinski definition) is 4. The largest absolute Gasteiger partial charge is 0.369 e. The van der Waals surface area contributed by atoms with E-state index in [2.05, 4.69) is 14.6 Å². The number of piperazine rings is 1. The number of hydrogen-bond donors (Lipinski definition) is 1. The number of benzene rings is 1. The highest BCUT2D eigenvalue weighted by Gasteiger charge is 2.27. The molecule has 7 heteroatoms. The lowest BCUT2D eigenvalue weighted by Crippen LogP contribution is -2.52. The Morgan fingerprint density at radius 2 is 1.79 bits per heavy atom. The van der Waals surface area contributed by atoms with Crippen LogP contribution in [0.5, 0.6) is 0 Å². The van der Waals surface area contributed by atoms with Gasteiger partial charge in [0, 0.05) is 50.8 Å². The van der Waals surface area contributed by atoms with Crippen LogP contribution in [-0.4, -0.2) is 43.9 Å². The number of nitrogens with one attached hydrogen (secondary N) is 1. The molecule has 0 bridgehead atoms. The van der Waals surface area contributed by atoms with Gasteiger partial charge in [0.25, 0.3) is 10.2 Å². The van der Waals surface area contributed by atoms with Crippen molar-refractivity contribution in [3.05, 3.63) is 59.9 Å². The van der Waals surface area contributed by atoms with Gasteiger partial charge in [-0.2, -0.15) is 17.4 Å². The minimum Gasteiger partial charge on any atom is -0.369 e. The molecule has 3 rings (SSSR count). The van der Waals surface area contributed by atoms with Gasteiger partial charge in [-0.15, -0.1) is 0 Å². The molecule has 128 valence electrons. The summed E-state index contributed by atoms with van der Waals surface area (Å²) in [4.78, 5) is 6.31. The van der Waals surface area contributed by atoms with Crippen LogP contribution in [0, 0.1) is 6.92 Å². The lowest BCUT2D eigenvalue weighted by molar-refractivity contribution is 0.378. The monoisotopic (exact) mass is 346 g/mol. The first kappa shape index (κ1) is 16.9. The Labute approximate surface area is 143 Å². The van der Waals surface area contributed by atoms with Gasteiger partial charge in [-0.05, 0) is 24.1 Å². The fourth-order valence-corrected chi connectivity index (χ4v) is 4.03. The van der Waals surface area contributed by atoms with E-state index in [9.17, 15) is 8.42 Å². The Kier molecular flexibility index (Phi) is 5.13. The maximum absolute atomic E-state index is 12.5. The van der Waals surface area contributed by atoms with E-state index in [4.69, 9.17) is 0 Å². The molecule has 2 aromatic rings. The summed E-state index contributed by atoms with van der Waals surface area (Å²) in [5.74, 6) is 0. The molecule has 1 N–H and O–H groups in total. The standard InChI is InChI=1S/C17H22N4O2S/c1-15-13-18-8-7-17(15)20-9-11-21(12-10-20)24(22,23)19-14-16-5-3-2-4-6-16/h2-8,13,19H,9-12,14H2,1H3. The van der Waals surface area contributed by atoms with Crippen LogP contribution in [-0.2, 0) is 16.8 Å². The van der Waals surface area contributed by atoms with Gasteiger partial charge in [-0.25, -0.2) is 0 Å². The lowest BCUT2D eigenvalue weighted by atomic mass is 10.2. The van der Waals surface area contributed by atoms with Gasteiger partial charge in [-0.3, -0.25) is 4.98 Å². The summed E-state index contributed by atoms with van der Waals surface area (Å²) in [6.45, 7) is 4.64. The zero-order chi connectivity index (χ0) is 17.0. The van der Waals surface area contributed by atoms with Crippen LogP contribution in [0.15, 0.2) is 48.8 Å². The molecule has 0 spiro atoms. The number of aryl methyl sites for hydroxylation is 1. The number of pyridine rings is 1. The fraction of sp³-hybridized carbons (Fsp3) is 0.353. The van der Waals surface area contributed by atoms with Crippen LogP contribution in [0.1, 0.15) is 11.1 Å². The van der Waals surface area contributed by atoms with E-state index >= 15 is 0 Å². The molecule has 0 saturated carbocycles. The Morgan fingerprint density at radius 1 is 1.08 bits per heavy atom. The van der Waals surface area contributed by atoms with E-state index in [0.29, 0.717) is 32.7 Å². The molecule has 1 aliphatic rings. The molecular weight excluding hydrogens is 324 g/mol. The van der Waals surface area contributed by atoms with Gasteiger partial charge in [0.15, 0.2) is 0 Å². The van der Waals surface area contributed by atoms with Crippen molar-refractivity contribution in [3.63, 3.8) is 0 Å². The Hall–Kier alpha value is -1.96. The highest BCUT2D eigenvalue weighted by atomic mass is 32.2. The van der Waals surface area contributed by atoms with Gasteiger partial charge in [0.2, 0.25) is 0 Å². The topological polar surface area (TPSA) is 65.5 Å². The van der Waals surface area contributed by atoms with Crippen LogP contribution in [0.25, 0.3) is 0 Å². The summed E-state index contributed by atoms with van der Waals surface area (Å²) in [6, 6.07) is 11.5. The first-order valence-electron chi connectivity index (χ1n) is 8.00. The second kappa shape index (κ2) is 7.29. The first-order valence-corrected chi connectivity index (χ1v) is 9.44. The number of aromatic nitrogens is 1. The van der Waals surface area contributed by atoms with E-state index in [0.717, 1.165) is 16.8 Å². The van der Waals surface area contributed by atoms with Crippen molar-refractivity contribution in [3.8, 4) is 0 Å². The van der Waals surface area contributed by atoms with Crippen LogP contribution < -0.4 is 9.62 Å². The average Bonchev–Trinajstić information content (AvgIpc) is 2.62. The molecule has 1 aromatic heterocycles. The first-order chi connectivity index (χ1) is 11.6. The number of anilines is 1. The summed E-state index contributed by atoms with van der Waals surface area (Å²) in [5, 5.41) is 0. The zero-order valence-electron chi connectivity index (χ0n) is 13.7. The van der Waals surface area contributed by atoms with Crippen molar-refractivity contribution >= 4 is 15.9 Å². The second-order valence-electron chi connectivity index (χ2n) is 5.86. The summed E-state index contributed by atoms with van der Waals surface area (Å²) in [6.07, 6.45) is 3.60. The fourth-order valence-electron chi connectivity index (χ4n) is 2.85. The molecule has 0 unspecified atom stereocenters. The van der Waals surface area contributed by atoms with Crippen molar-refractivity contribution < 1.29 is 8.42 Å². The van der Waals surface area contributed by atoms with Crippen LogP contribution in [0.3, 0.4) is 0 Å². The lowest BCUT2D eigenvalue weighted by Gasteiger charge is -2.35. The minimum atomic E-state index is -3.45. The average molecular weight is 346 g/mol. The quantitative estimate of drug-likeness (QED) is 0.892. The minimum absolute atomic E-state index is 0.312. The maximum Gasteiger partial charge on any atom is 0.279 e. The Balaban J connectivity index is 1.58. The number of rotatable bonds is 5. The SMILES string of the molecule is Cc1cnccc1N1CCN(S(=O)(=O)NCc2ccccc2)CC1. The molecule has 2 heterocycles. The van der Waals surface area contributed by atoms with Crippen molar-refractivity contribution in [2.75, 3.05) is 31.1 Å². The highest BCUT2D eigenvalue weighted by Crippen LogP contribution is 2.20. The van der Waals surface area contributed by atoms with Crippen molar-refractivity contribution in [1.82, 2.24) is 14.0 Å². The summed E-state index contributed by atoms with van der Waals surface area (Å²) in [5.41, 5.74) is 3.18. The van der Waals surface area contributed by atoms with Crippen molar-refractivity contribution in [2.45, 2.75) is 13.5 Å². The van der Waals surface area contributed by atoms with Gasteiger partial charge in [0.1, 0.15) is 0 Å². The summed E-state index contributed by atoms with van der Waals surface area (Å²) >= 11 is 0.